The quantitative estimate of drug-likeness (QED) is 0.800. The van der Waals surface area contributed by atoms with Crippen LogP contribution in [0.2, 0.25) is 0 Å². The van der Waals surface area contributed by atoms with Crippen molar-refractivity contribution in [2.24, 2.45) is 0 Å². The molecule has 1 aromatic heterocycles. The molecular weight excluding hydrogens is 290 g/mol. The molecule has 0 radical (unpaired) electrons. The van der Waals surface area contributed by atoms with Gasteiger partial charge in [-0.1, -0.05) is 25.5 Å². The molecule has 6 heteroatoms. The molecule has 6 nitrogen and oxygen atoms in total. The lowest BCUT2D eigenvalue weighted by molar-refractivity contribution is 0.102. The van der Waals surface area contributed by atoms with Crippen LogP contribution in [0, 0.1) is 18.3 Å². The second-order valence-corrected chi connectivity index (χ2v) is 5.11. The number of anilines is 2. The van der Waals surface area contributed by atoms with Crippen LogP contribution in [0.1, 0.15) is 41.5 Å². The van der Waals surface area contributed by atoms with E-state index in [4.69, 9.17) is 5.26 Å². The lowest BCUT2D eigenvalue weighted by atomic mass is 10.2. The van der Waals surface area contributed by atoms with Crippen molar-refractivity contribution in [3.05, 3.63) is 47.3 Å². The predicted octanol–water partition coefficient (Wildman–Crippen LogP) is 3.12. The molecular formula is C17H19N5O. The number of carbonyl (C=O) groups is 1. The van der Waals surface area contributed by atoms with Crippen molar-refractivity contribution in [3.63, 3.8) is 0 Å². The van der Waals surface area contributed by atoms with Gasteiger partial charge in [-0.15, -0.1) is 0 Å². The molecule has 0 unspecified atom stereocenters. The van der Waals surface area contributed by atoms with Crippen LogP contribution in [0.3, 0.4) is 0 Å². The zero-order valence-electron chi connectivity index (χ0n) is 13.3. The van der Waals surface area contributed by atoms with Gasteiger partial charge in [-0.2, -0.15) is 5.26 Å². The molecule has 0 saturated carbocycles. The second-order valence-electron chi connectivity index (χ2n) is 5.11. The smallest absolute Gasteiger partial charge is 0.274 e. The Morgan fingerprint density at radius 1 is 1.30 bits per heavy atom. The van der Waals surface area contributed by atoms with Gasteiger partial charge in [-0.25, -0.2) is 9.97 Å². The Balaban J connectivity index is 2.17. The largest absolute Gasteiger partial charge is 0.354 e. The highest BCUT2D eigenvalue weighted by molar-refractivity contribution is 6.03. The summed E-state index contributed by atoms with van der Waals surface area (Å²) >= 11 is 0. The number of para-hydroxylation sites is 1. The van der Waals surface area contributed by atoms with E-state index in [1.165, 1.54) is 0 Å². The van der Waals surface area contributed by atoms with Crippen LogP contribution in [-0.4, -0.2) is 22.4 Å². The van der Waals surface area contributed by atoms with Gasteiger partial charge >= 0.3 is 0 Å². The summed E-state index contributed by atoms with van der Waals surface area (Å²) < 4.78 is 0. The summed E-state index contributed by atoms with van der Waals surface area (Å²) in [6.45, 7) is 4.68. The Kier molecular flexibility index (Phi) is 5.64. The van der Waals surface area contributed by atoms with Crippen LogP contribution in [0.25, 0.3) is 0 Å². The Hall–Kier alpha value is -2.94. The molecule has 0 spiro atoms. The SMILES string of the molecule is CCCCNc1nc(C)cc(C(=O)Nc2ccccc2C#N)n1. The highest BCUT2D eigenvalue weighted by atomic mass is 16.1. The molecule has 0 fully saturated rings. The molecule has 0 aliphatic rings. The summed E-state index contributed by atoms with van der Waals surface area (Å²) in [4.78, 5) is 20.9. The fourth-order valence-corrected chi connectivity index (χ4v) is 2.02. The Bertz CT molecular complexity index is 736. The molecule has 0 saturated heterocycles. The first-order chi connectivity index (χ1) is 11.1. The number of aryl methyl sites for hydroxylation is 1. The van der Waals surface area contributed by atoms with Crippen molar-refractivity contribution in [1.82, 2.24) is 9.97 Å². The van der Waals surface area contributed by atoms with Crippen molar-refractivity contribution >= 4 is 17.5 Å². The van der Waals surface area contributed by atoms with E-state index in [0.29, 0.717) is 22.9 Å². The second kappa shape index (κ2) is 7.90. The maximum Gasteiger partial charge on any atom is 0.274 e. The number of hydrogen-bond donors (Lipinski definition) is 2. The molecule has 2 rings (SSSR count). The molecule has 1 aromatic carbocycles. The van der Waals surface area contributed by atoms with Crippen LogP contribution in [-0.2, 0) is 0 Å². The Morgan fingerprint density at radius 2 is 2.09 bits per heavy atom. The van der Waals surface area contributed by atoms with E-state index in [0.717, 1.165) is 19.4 Å². The van der Waals surface area contributed by atoms with Gasteiger partial charge in [0.25, 0.3) is 5.91 Å². The molecule has 2 N–H and O–H groups in total. The van der Waals surface area contributed by atoms with Gasteiger partial charge in [-0.05, 0) is 31.5 Å². The van der Waals surface area contributed by atoms with Gasteiger partial charge in [0.15, 0.2) is 0 Å². The molecule has 0 aliphatic heterocycles. The summed E-state index contributed by atoms with van der Waals surface area (Å²) in [5, 5.41) is 14.9. The fraction of sp³-hybridized carbons (Fsp3) is 0.294. The van der Waals surface area contributed by atoms with Gasteiger partial charge < -0.3 is 10.6 Å². The minimum absolute atomic E-state index is 0.268. The van der Waals surface area contributed by atoms with Crippen LogP contribution in [0.4, 0.5) is 11.6 Å². The number of aromatic nitrogens is 2. The molecule has 0 atom stereocenters. The first-order valence-corrected chi connectivity index (χ1v) is 7.54. The maximum atomic E-state index is 12.4. The highest BCUT2D eigenvalue weighted by Gasteiger charge is 2.12. The van der Waals surface area contributed by atoms with Crippen LogP contribution in [0.5, 0.6) is 0 Å². The van der Waals surface area contributed by atoms with E-state index in [-0.39, 0.29) is 11.6 Å². The molecule has 118 valence electrons. The molecule has 0 bridgehead atoms. The summed E-state index contributed by atoms with van der Waals surface area (Å²) in [7, 11) is 0. The molecule has 1 heterocycles. The highest BCUT2D eigenvalue weighted by Crippen LogP contribution is 2.15. The van der Waals surface area contributed by atoms with Crippen molar-refractivity contribution in [2.45, 2.75) is 26.7 Å². The average Bonchev–Trinajstić information content (AvgIpc) is 2.55. The lowest BCUT2D eigenvalue weighted by Crippen LogP contribution is -2.17. The summed E-state index contributed by atoms with van der Waals surface area (Å²) in [6, 6.07) is 10.5. The number of benzene rings is 1. The number of nitrogens with one attached hydrogen (secondary N) is 2. The van der Waals surface area contributed by atoms with Gasteiger partial charge in [0.05, 0.1) is 11.3 Å². The third-order valence-electron chi connectivity index (χ3n) is 3.20. The standard InChI is InChI=1S/C17H19N5O/c1-3-4-9-19-17-20-12(2)10-15(22-17)16(23)21-14-8-6-5-7-13(14)11-18/h5-8,10H,3-4,9H2,1-2H3,(H,21,23)(H,19,20,22). The van der Waals surface area contributed by atoms with E-state index in [1.807, 2.05) is 13.0 Å². The van der Waals surface area contributed by atoms with Crippen LogP contribution in [0.15, 0.2) is 30.3 Å². The number of hydrogen-bond acceptors (Lipinski definition) is 5. The Morgan fingerprint density at radius 3 is 2.83 bits per heavy atom. The minimum Gasteiger partial charge on any atom is -0.354 e. The molecule has 0 aliphatic carbocycles. The summed E-state index contributed by atoms with van der Waals surface area (Å²) in [5.41, 5.74) is 1.85. The average molecular weight is 309 g/mol. The van der Waals surface area contributed by atoms with Crippen LogP contribution >= 0.6 is 0 Å². The maximum absolute atomic E-state index is 12.4. The fourth-order valence-electron chi connectivity index (χ4n) is 2.02. The third kappa shape index (κ3) is 4.51. The monoisotopic (exact) mass is 309 g/mol. The van der Waals surface area contributed by atoms with Crippen molar-refractivity contribution in [1.29, 1.82) is 5.26 Å². The van der Waals surface area contributed by atoms with Gasteiger partial charge in [0.2, 0.25) is 5.95 Å². The van der Waals surface area contributed by atoms with Gasteiger partial charge in [-0.3, -0.25) is 4.79 Å². The van der Waals surface area contributed by atoms with E-state index in [2.05, 4.69) is 27.5 Å². The van der Waals surface area contributed by atoms with Crippen molar-refractivity contribution in [2.75, 3.05) is 17.2 Å². The number of unbranched alkanes of at least 4 members (excludes halogenated alkanes) is 1. The number of nitrogens with zero attached hydrogens (tertiary/aromatic N) is 3. The number of carbonyl (C=O) groups excluding carboxylic acids is 1. The van der Waals surface area contributed by atoms with Gasteiger partial charge in [0.1, 0.15) is 11.8 Å². The van der Waals surface area contributed by atoms with Gasteiger partial charge in [0, 0.05) is 12.2 Å². The van der Waals surface area contributed by atoms with Crippen molar-refractivity contribution in [3.8, 4) is 6.07 Å². The number of rotatable bonds is 6. The Labute approximate surface area is 135 Å². The summed E-state index contributed by atoms with van der Waals surface area (Å²) in [5.74, 6) is 0.0777. The normalized spacial score (nSPS) is 9.96. The van der Waals surface area contributed by atoms with Crippen molar-refractivity contribution < 1.29 is 4.79 Å². The van der Waals surface area contributed by atoms with E-state index in [9.17, 15) is 4.79 Å². The first kappa shape index (κ1) is 16.4. The predicted molar refractivity (Wildman–Crippen MR) is 89.3 cm³/mol. The van der Waals surface area contributed by atoms with Crippen LogP contribution < -0.4 is 10.6 Å². The zero-order chi connectivity index (χ0) is 16.7. The van der Waals surface area contributed by atoms with E-state index in [1.54, 1.807) is 30.3 Å². The number of amides is 1. The zero-order valence-corrected chi connectivity index (χ0v) is 13.3. The lowest BCUT2D eigenvalue weighted by Gasteiger charge is -2.09. The topological polar surface area (TPSA) is 90.7 Å². The molecule has 23 heavy (non-hydrogen) atoms. The summed E-state index contributed by atoms with van der Waals surface area (Å²) in [6.07, 6.45) is 2.07. The molecule has 2 aromatic rings. The molecule has 1 amide bonds. The number of nitriles is 1. The first-order valence-electron chi connectivity index (χ1n) is 7.54. The van der Waals surface area contributed by atoms with E-state index < -0.39 is 0 Å². The van der Waals surface area contributed by atoms with E-state index >= 15 is 0 Å². The minimum atomic E-state index is -0.364. The third-order valence-corrected chi connectivity index (χ3v) is 3.20.